The average Bonchev–Trinajstić information content (AvgIpc) is 2.68. The molecule has 168 valence electrons. The number of nitrogens with zero attached hydrogens (tertiary/aromatic N) is 1. The summed E-state index contributed by atoms with van der Waals surface area (Å²) in [5.74, 6) is 0.120. The van der Waals surface area contributed by atoms with Gasteiger partial charge in [0.05, 0.1) is 13.2 Å². The molecule has 1 atom stereocenters. The summed E-state index contributed by atoms with van der Waals surface area (Å²) in [7, 11) is 1.58. The van der Waals surface area contributed by atoms with Crippen molar-refractivity contribution in [2.45, 2.75) is 67.3 Å². The van der Waals surface area contributed by atoms with Gasteiger partial charge in [-0.3, -0.25) is 15.0 Å². The van der Waals surface area contributed by atoms with E-state index in [-0.39, 0.29) is 23.3 Å². The predicted octanol–water partition coefficient (Wildman–Crippen LogP) is 5.62. The zero-order valence-electron chi connectivity index (χ0n) is 20.1. The summed E-state index contributed by atoms with van der Waals surface area (Å²) in [4.78, 5) is 27.0. The molecule has 0 aromatic heterocycles. The highest BCUT2D eigenvalue weighted by molar-refractivity contribution is 6.00. The Morgan fingerprint density at radius 1 is 1.06 bits per heavy atom. The molecule has 5 heteroatoms. The molecule has 0 aliphatic carbocycles. The fourth-order valence-corrected chi connectivity index (χ4v) is 3.98. The number of hydrogen-bond acceptors (Lipinski definition) is 3. The Labute approximate surface area is 186 Å². The first-order valence-electron chi connectivity index (χ1n) is 10.9. The van der Waals surface area contributed by atoms with Crippen LogP contribution >= 0.6 is 0 Å². The van der Waals surface area contributed by atoms with E-state index < -0.39 is 0 Å². The number of methoxy groups -OCH3 is 1. The maximum absolute atomic E-state index is 13.7. The highest BCUT2D eigenvalue weighted by Crippen LogP contribution is 2.29. The molecule has 0 saturated carbocycles. The summed E-state index contributed by atoms with van der Waals surface area (Å²) in [6.45, 7) is 14.2. The third kappa shape index (κ3) is 5.87. The molecule has 0 aliphatic heterocycles. The number of rotatable bonds is 6. The molecule has 0 radical (unpaired) electrons. The molecule has 2 amide bonds. The molecular formula is C26H36N2O3. The van der Waals surface area contributed by atoms with Crippen molar-refractivity contribution in [3.8, 4) is 5.75 Å². The third-order valence-electron chi connectivity index (χ3n) is 5.53. The van der Waals surface area contributed by atoms with E-state index >= 15 is 0 Å². The Kier molecular flexibility index (Phi) is 7.88. The van der Waals surface area contributed by atoms with Gasteiger partial charge < -0.3 is 4.74 Å². The number of ether oxygens (including phenoxy) is 1. The van der Waals surface area contributed by atoms with Crippen LogP contribution < -0.4 is 10.2 Å². The second-order valence-electron chi connectivity index (χ2n) is 9.30. The number of hydrazine groups is 1. The Bertz CT molecular complexity index is 924. The lowest BCUT2D eigenvalue weighted by molar-refractivity contribution is 0.0270. The summed E-state index contributed by atoms with van der Waals surface area (Å²) < 4.78 is 5.36. The van der Waals surface area contributed by atoms with Gasteiger partial charge in [0, 0.05) is 16.7 Å². The number of hydrogen-bond donors (Lipinski definition) is 1. The SMILES string of the molecule is CCC[C@@H](N(NC(=O)c1cccc(OC)c1C)C(=O)c1cc(C)cc(C)c1)C(C)(C)C. The van der Waals surface area contributed by atoms with Crippen molar-refractivity contribution < 1.29 is 14.3 Å². The first kappa shape index (κ1) is 24.4. The van der Waals surface area contributed by atoms with Crippen molar-refractivity contribution >= 4 is 11.8 Å². The molecule has 0 heterocycles. The van der Waals surface area contributed by atoms with Crippen LogP contribution in [0.2, 0.25) is 0 Å². The minimum atomic E-state index is -0.320. The van der Waals surface area contributed by atoms with Crippen LogP contribution in [0.3, 0.4) is 0 Å². The van der Waals surface area contributed by atoms with Crippen molar-refractivity contribution in [3.05, 3.63) is 64.2 Å². The van der Waals surface area contributed by atoms with Gasteiger partial charge in [-0.1, -0.05) is 57.4 Å². The van der Waals surface area contributed by atoms with E-state index in [0.717, 1.165) is 29.5 Å². The molecule has 2 rings (SSSR count). The van der Waals surface area contributed by atoms with Crippen molar-refractivity contribution in [1.82, 2.24) is 10.4 Å². The van der Waals surface area contributed by atoms with Crippen LogP contribution in [0.15, 0.2) is 36.4 Å². The van der Waals surface area contributed by atoms with E-state index in [0.29, 0.717) is 16.9 Å². The Morgan fingerprint density at radius 2 is 1.68 bits per heavy atom. The molecule has 0 saturated heterocycles. The summed E-state index contributed by atoms with van der Waals surface area (Å²) in [6.07, 6.45) is 1.67. The van der Waals surface area contributed by atoms with Gasteiger partial charge in [0.15, 0.2) is 0 Å². The van der Waals surface area contributed by atoms with Crippen molar-refractivity contribution in [1.29, 1.82) is 0 Å². The maximum Gasteiger partial charge on any atom is 0.272 e. The average molecular weight is 425 g/mol. The van der Waals surface area contributed by atoms with E-state index in [1.807, 2.05) is 45.0 Å². The molecule has 0 spiro atoms. The molecule has 2 aromatic carbocycles. The van der Waals surface area contributed by atoms with Crippen LogP contribution in [0.25, 0.3) is 0 Å². The summed E-state index contributed by atoms with van der Waals surface area (Å²) >= 11 is 0. The van der Waals surface area contributed by atoms with Crippen molar-refractivity contribution in [2.75, 3.05) is 7.11 Å². The number of carbonyl (C=O) groups excluding carboxylic acids is 2. The van der Waals surface area contributed by atoms with Gasteiger partial charge in [0.2, 0.25) is 0 Å². The molecule has 5 nitrogen and oxygen atoms in total. The Morgan fingerprint density at radius 3 is 2.19 bits per heavy atom. The lowest BCUT2D eigenvalue weighted by Gasteiger charge is -2.40. The maximum atomic E-state index is 13.7. The molecule has 0 fully saturated rings. The Hall–Kier alpha value is -2.82. The van der Waals surface area contributed by atoms with Gasteiger partial charge in [0.1, 0.15) is 5.75 Å². The molecule has 0 bridgehead atoms. The fourth-order valence-electron chi connectivity index (χ4n) is 3.98. The van der Waals surface area contributed by atoms with Crippen molar-refractivity contribution in [3.63, 3.8) is 0 Å². The lowest BCUT2D eigenvalue weighted by atomic mass is 9.83. The normalized spacial score (nSPS) is 12.3. The van der Waals surface area contributed by atoms with Gasteiger partial charge in [-0.05, 0) is 56.9 Å². The van der Waals surface area contributed by atoms with Crippen LogP contribution in [-0.2, 0) is 0 Å². The first-order chi connectivity index (χ1) is 14.5. The predicted molar refractivity (Wildman–Crippen MR) is 125 cm³/mol. The number of aryl methyl sites for hydroxylation is 2. The first-order valence-corrected chi connectivity index (χ1v) is 10.9. The number of nitrogens with one attached hydrogen (secondary N) is 1. The Balaban J connectivity index is 2.51. The van der Waals surface area contributed by atoms with Crippen LogP contribution in [-0.4, -0.2) is 30.0 Å². The van der Waals surface area contributed by atoms with Crippen LogP contribution in [0.4, 0.5) is 0 Å². The quantitative estimate of drug-likeness (QED) is 0.612. The number of carbonyl (C=O) groups is 2. The largest absolute Gasteiger partial charge is 0.496 e. The van der Waals surface area contributed by atoms with E-state index in [2.05, 4.69) is 33.1 Å². The van der Waals surface area contributed by atoms with Crippen molar-refractivity contribution in [2.24, 2.45) is 5.41 Å². The van der Waals surface area contributed by atoms with Gasteiger partial charge in [0.25, 0.3) is 11.8 Å². The monoisotopic (exact) mass is 424 g/mol. The minimum absolute atomic E-state index is 0.166. The van der Waals surface area contributed by atoms with Gasteiger partial charge >= 0.3 is 0 Å². The standard InChI is InChI=1S/C26H36N2O3/c1-9-11-23(26(5,6)7)28(25(30)20-15-17(2)14-18(3)16-20)27-24(29)21-12-10-13-22(31-8)19(21)4/h10,12-16,23H,9,11H2,1-8H3,(H,27,29)/t23-/m1/s1. The molecule has 1 N–H and O–H groups in total. The molecule has 31 heavy (non-hydrogen) atoms. The van der Waals surface area contributed by atoms with Crippen LogP contribution in [0.1, 0.15) is 77.9 Å². The van der Waals surface area contributed by atoms with E-state index in [9.17, 15) is 9.59 Å². The molecular weight excluding hydrogens is 388 g/mol. The van der Waals surface area contributed by atoms with E-state index in [4.69, 9.17) is 4.74 Å². The zero-order chi connectivity index (χ0) is 23.3. The van der Waals surface area contributed by atoms with Gasteiger partial charge in [-0.15, -0.1) is 0 Å². The lowest BCUT2D eigenvalue weighted by Crippen LogP contribution is -2.56. The summed E-state index contributed by atoms with van der Waals surface area (Å²) in [5, 5.41) is 1.54. The zero-order valence-corrected chi connectivity index (χ0v) is 20.1. The smallest absolute Gasteiger partial charge is 0.272 e. The fraction of sp³-hybridized carbons (Fsp3) is 0.462. The highest BCUT2D eigenvalue weighted by Gasteiger charge is 2.35. The summed E-state index contributed by atoms with van der Waals surface area (Å²) in [6, 6.07) is 11.0. The van der Waals surface area contributed by atoms with E-state index in [1.165, 1.54) is 0 Å². The number of amides is 2. The molecule has 0 aliphatic rings. The van der Waals surface area contributed by atoms with Gasteiger partial charge in [-0.25, -0.2) is 5.01 Å². The minimum Gasteiger partial charge on any atom is -0.496 e. The summed E-state index contributed by atoms with van der Waals surface area (Å²) in [5.41, 5.74) is 6.55. The highest BCUT2D eigenvalue weighted by atomic mass is 16.5. The molecule has 0 unspecified atom stereocenters. The second kappa shape index (κ2) is 9.99. The van der Waals surface area contributed by atoms with E-state index in [1.54, 1.807) is 24.3 Å². The molecule has 2 aromatic rings. The van der Waals surface area contributed by atoms with Crippen LogP contribution in [0, 0.1) is 26.2 Å². The van der Waals surface area contributed by atoms with Crippen LogP contribution in [0.5, 0.6) is 5.75 Å². The topological polar surface area (TPSA) is 58.6 Å². The number of benzene rings is 2. The van der Waals surface area contributed by atoms with Gasteiger partial charge in [-0.2, -0.15) is 0 Å². The third-order valence-corrected chi connectivity index (χ3v) is 5.53. The second-order valence-corrected chi connectivity index (χ2v) is 9.30.